The zero-order valence-electron chi connectivity index (χ0n) is 20.3. The second kappa shape index (κ2) is 7.57. The standard InChI is InChI=1S/C29H46O2/c1-3-29(8-6-20-9-24(18-29)13-25-5-4-7-27(25,2)14-20)31-19-26(30)28-15-21-10-22(16-28)12-23(11-21)17-28/h20-25H,3-19H2,1-2H3/t20-,21?,22?,23?,24+,25+,27-,28?,29-/m1/s1. The van der Waals surface area contributed by atoms with E-state index in [2.05, 4.69) is 13.8 Å². The van der Waals surface area contributed by atoms with Gasteiger partial charge in [-0.1, -0.05) is 20.3 Å². The van der Waals surface area contributed by atoms with Gasteiger partial charge in [-0.25, -0.2) is 0 Å². The summed E-state index contributed by atoms with van der Waals surface area (Å²) in [5.41, 5.74) is 0.609. The van der Waals surface area contributed by atoms with E-state index in [0.29, 0.717) is 17.8 Å². The van der Waals surface area contributed by atoms with Crippen molar-refractivity contribution in [2.75, 3.05) is 6.61 Å². The van der Waals surface area contributed by atoms with E-state index in [4.69, 9.17) is 4.74 Å². The Hall–Kier alpha value is -0.370. The molecule has 2 heteroatoms. The molecule has 0 aromatic rings. The lowest BCUT2D eigenvalue weighted by Crippen LogP contribution is -2.51. The monoisotopic (exact) mass is 426 g/mol. The van der Waals surface area contributed by atoms with E-state index in [0.717, 1.165) is 41.9 Å². The van der Waals surface area contributed by atoms with Gasteiger partial charge in [0.1, 0.15) is 6.61 Å². The molecule has 0 aliphatic heterocycles. The van der Waals surface area contributed by atoms with Gasteiger partial charge in [0.15, 0.2) is 5.78 Å². The number of hydrogen-bond acceptors (Lipinski definition) is 2. The first-order chi connectivity index (χ1) is 14.9. The van der Waals surface area contributed by atoms with Crippen LogP contribution in [-0.2, 0) is 9.53 Å². The lowest BCUT2D eigenvalue weighted by atomic mass is 9.48. The Kier molecular flexibility index (Phi) is 5.17. The molecular formula is C29H46O2. The Morgan fingerprint density at radius 3 is 2.13 bits per heavy atom. The van der Waals surface area contributed by atoms with Crippen LogP contribution in [0.2, 0.25) is 0 Å². The van der Waals surface area contributed by atoms with Crippen molar-refractivity contribution < 1.29 is 9.53 Å². The van der Waals surface area contributed by atoms with Crippen molar-refractivity contribution >= 4 is 5.78 Å². The molecule has 0 saturated heterocycles. The Balaban J connectivity index is 1.14. The number of rotatable bonds is 5. The van der Waals surface area contributed by atoms with Gasteiger partial charge in [0.05, 0.1) is 5.60 Å². The predicted molar refractivity (Wildman–Crippen MR) is 125 cm³/mol. The summed E-state index contributed by atoms with van der Waals surface area (Å²) in [4.78, 5) is 13.6. The molecule has 0 amide bonds. The second-order valence-corrected chi connectivity index (χ2v) is 13.8. The number of hydrogen-bond donors (Lipinski definition) is 0. The summed E-state index contributed by atoms with van der Waals surface area (Å²) in [5, 5.41) is 0. The van der Waals surface area contributed by atoms with Crippen LogP contribution in [0, 0.1) is 46.3 Å². The third-order valence-corrected chi connectivity index (χ3v) is 11.8. The highest BCUT2D eigenvalue weighted by Crippen LogP contribution is 2.61. The van der Waals surface area contributed by atoms with Gasteiger partial charge < -0.3 is 4.74 Å². The number of carbonyl (C=O) groups is 1. The predicted octanol–water partition coefficient (Wildman–Crippen LogP) is 7.34. The smallest absolute Gasteiger partial charge is 0.164 e. The summed E-state index contributed by atoms with van der Waals surface area (Å²) >= 11 is 0. The average molecular weight is 427 g/mol. The molecule has 5 atom stereocenters. The fourth-order valence-electron chi connectivity index (χ4n) is 10.5. The molecule has 0 heterocycles. The molecule has 0 spiro atoms. The molecule has 7 aliphatic carbocycles. The molecule has 174 valence electrons. The maximum Gasteiger partial charge on any atom is 0.164 e. The van der Waals surface area contributed by atoms with Gasteiger partial charge in [0.2, 0.25) is 0 Å². The van der Waals surface area contributed by atoms with Crippen LogP contribution in [0.5, 0.6) is 0 Å². The van der Waals surface area contributed by atoms with Gasteiger partial charge in [0, 0.05) is 5.41 Å². The Morgan fingerprint density at radius 1 is 0.806 bits per heavy atom. The van der Waals surface area contributed by atoms with Crippen LogP contribution >= 0.6 is 0 Å². The summed E-state index contributed by atoms with van der Waals surface area (Å²) in [6, 6.07) is 0. The molecule has 7 aliphatic rings. The van der Waals surface area contributed by atoms with Crippen molar-refractivity contribution in [2.45, 2.75) is 122 Å². The molecule has 7 rings (SSSR count). The summed E-state index contributed by atoms with van der Waals surface area (Å²) in [6.07, 6.45) is 21.3. The van der Waals surface area contributed by atoms with Crippen molar-refractivity contribution in [1.29, 1.82) is 0 Å². The average Bonchev–Trinajstić information content (AvgIpc) is 2.91. The fraction of sp³-hybridized carbons (Fsp3) is 0.966. The first kappa shape index (κ1) is 21.2. The van der Waals surface area contributed by atoms with E-state index in [-0.39, 0.29) is 11.0 Å². The third-order valence-electron chi connectivity index (χ3n) is 11.8. The normalized spacial score (nSPS) is 53.1. The van der Waals surface area contributed by atoms with E-state index in [1.165, 1.54) is 96.3 Å². The van der Waals surface area contributed by atoms with Gasteiger partial charge in [-0.2, -0.15) is 0 Å². The second-order valence-electron chi connectivity index (χ2n) is 13.8. The Labute approximate surface area is 190 Å². The van der Waals surface area contributed by atoms with Gasteiger partial charge in [-0.3, -0.25) is 4.79 Å². The van der Waals surface area contributed by atoms with Crippen molar-refractivity contribution in [3.05, 3.63) is 0 Å². The van der Waals surface area contributed by atoms with E-state index in [1.54, 1.807) is 0 Å². The number of carbonyl (C=O) groups excluding carboxylic acids is 1. The van der Waals surface area contributed by atoms with E-state index in [9.17, 15) is 4.79 Å². The topological polar surface area (TPSA) is 26.3 Å². The van der Waals surface area contributed by atoms with Crippen LogP contribution in [0.3, 0.4) is 0 Å². The van der Waals surface area contributed by atoms with Crippen LogP contribution in [-0.4, -0.2) is 18.0 Å². The number of ether oxygens (including phenoxy) is 1. The molecule has 0 aromatic carbocycles. The van der Waals surface area contributed by atoms with Gasteiger partial charge in [0.25, 0.3) is 0 Å². The highest BCUT2D eigenvalue weighted by Gasteiger charge is 2.55. The minimum absolute atomic E-state index is 0.00739. The SMILES string of the molecule is CC[C@@]1(OCC(=O)C23CC4CC(CC(C4)C2)C3)CC[C@@H]2C[C@@H](C[C@@H]3CCC[C@]3(C)C2)C1. The minimum atomic E-state index is -0.0241. The first-order valence-electron chi connectivity index (χ1n) is 14.1. The molecule has 7 saturated carbocycles. The molecule has 2 nitrogen and oxygen atoms in total. The number of ketones is 1. The van der Waals surface area contributed by atoms with Crippen molar-refractivity contribution in [1.82, 2.24) is 0 Å². The maximum atomic E-state index is 13.6. The van der Waals surface area contributed by atoms with Gasteiger partial charge in [-0.15, -0.1) is 0 Å². The zero-order valence-corrected chi connectivity index (χ0v) is 20.3. The molecule has 0 aromatic heterocycles. The fourth-order valence-corrected chi connectivity index (χ4v) is 10.5. The summed E-state index contributed by atoms with van der Waals surface area (Å²) in [7, 11) is 0. The van der Waals surface area contributed by atoms with Gasteiger partial charge >= 0.3 is 0 Å². The maximum absolute atomic E-state index is 13.6. The molecule has 0 unspecified atom stereocenters. The van der Waals surface area contributed by atoms with Crippen LogP contribution in [0.25, 0.3) is 0 Å². The highest BCUT2D eigenvalue weighted by atomic mass is 16.5. The molecular weight excluding hydrogens is 380 g/mol. The van der Waals surface area contributed by atoms with Crippen molar-refractivity contribution in [3.63, 3.8) is 0 Å². The molecule has 6 bridgehead atoms. The lowest BCUT2D eigenvalue weighted by molar-refractivity contribution is -0.157. The largest absolute Gasteiger partial charge is 0.367 e. The van der Waals surface area contributed by atoms with E-state index >= 15 is 0 Å². The van der Waals surface area contributed by atoms with Crippen LogP contribution < -0.4 is 0 Å². The Morgan fingerprint density at radius 2 is 1.45 bits per heavy atom. The number of Topliss-reactive ketones (excluding diaryl/α,β-unsaturated/α-hetero) is 1. The molecule has 0 N–H and O–H groups in total. The molecule has 31 heavy (non-hydrogen) atoms. The zero-order chi connectivity index (χ0) is 21.3. The first-order valence-corrected chi connectivity index (χ1v) is 14.1. The quantitative estimate of drug-likeness (QED) is 0.459. The Bertz CT molecular complexity index is 676. The van der Waals surface area contributed by atoms with E-state index < -0.39 is 0 Å². The van der Waals surface area contributed by atoms with Gasteiger partial charge in [-0.05, 0) is 137 Å². The van der Waals surface area contributed by atoms with Crippen molar-refractivity contribution in [2.24, 2.45) is 46.3 Å². The minimum Gasteiger partial charge on any atom is -0.367 e. The lowest BCUT2D eigenvalue weighted by Gasteiger charge is -2.56. The highest BCUT2D eigenvalue weighted by molar-refractivity contribution is 5.86. The van der Waals surface area contributed by atoms with Crippen LogP contribution in [0.4, 0.5) is 0 Å². The van der Waals surface area contributed by atoms with Crippen LogP contribution in [0.15, 0.2) is 0 Å². The van der Waals surface area contributed by atoms with Crippen LogP contribution in [0.1, 0.15) is 117 Å². The van der Waals surface area contributed by atoms with Crippen molar-refractivity contribution in [3.8, 4) is 0 Å². The third kappa shape index (κ3) is 3.66. The van der Waals surface area contributed by atoms with E-state index in [1.807, 2.05) is 0 Å². The summed E-state index contributed by atoms with van der Waals surface area (Å²) in [6.45, 7) is 5.35. The molecule has 7 fully saturated rings. The summed E-state index contributed by atoms with van der Waals surface area (Å²) < 4.78 is 6.79. The number of fused-ring (bicyclic) bond motifs is 3. The summed E-state index contributed by atoms with van der Waals surface area (Å²) in [5.74, 6) is 5.70. The molecule has 0 radical (unpaired) electrons.